The van der Waals surface area contributed by atoms with E-state index >= 15 is 0 Å². The fraction of sp³-hybridized carbons (Fsp3) is 0.611. The van der Waals surface area contributed by atoms with Crippen LogP contribution < -0.4 is 5.32 Å². The number of hydrogen-bond acceptors (Lipinski definition) is 2. The Hall–Kier alpha value is -1.42. The molecule has 1 aromatic rings. The summed E-state index contributed by atoms with van der Waals surface area (Å²) in [5.41, 5.74) is 0.489. The maximum absolute atomic E-state index is 13.2. The SMILES string of the molecule is CCN(CC)CCNC(=O)C1(c2ccc(F)cc2)CCCC1. The number of amides is 1. The second-order valence-corrected chi connectivity index (χ2v) is 6.08. The molecule has 0 atom stereocenters. The van der Waals surface area contributed by atoms with E-state index in [9.17, 15) is 9.18 Å². The third-order valence-electron chi connectivity index (χ3n) is 4.90. The number of halogens is 1. The fourth-order valence-corrected chi connectivity index (χ4v) is 3.43. The zero-order chi connectivity index (χ0) is 16.0. The second-order valence-electron chi connectivity index (χ2n) is 6.08. The summed E-state index contributed by atoms with van der Waals surface area (Å²) in [5, 5.41) is 3.10. The summed E-state index contributed by atoms with van der Waals surface area (Å²) in [7, 11) is 0. The number of carbonyl (C=O) groups is 1. The molecule has 0 aromatic heterocycles. The number of nitrogens with one attached hydrogen (secondary N) is 1. The maximum atomic E-state index is 13.2. The topological polar surface area (TPSA) is 32.3 Å². The van der Waals surface area contributed by atoms with Gasteiger partial charge in [-0.1, -0.05) is 38.8 Å². The maximum Gasteiger partial charge on any atom is 0.230 e. The van der Waals surface area contributed by atoms with Crippen molar-refractivity contribution in [3.63, 3.8) is 0 Å². The first-order valence-corrected chi connectivity index (χ1v) is 8.39. The van der Waals surface area contributed by atoms with Crippen molar-refractivity contribution in [3.8, 4) is 0 Å². The molecule has 1 aliphatic carbocycles. The van der Waals surface area contributed by atoms with Gasteiger partial charge in [0.1, 0.15) is 5.82 Å². The summed E-state index contributed by atoms with van der Waals surface area (Å²) in [4.78, 5) is 15.1. The van der Waals surface area contributed by atoms with Gasteiger partial charge in [0.15, 0.2) is 0 Å². The lowest BCUT2D eigenvalue weighted by Crippen LogP contribution is -2.45. The molecular weight excluding hydrogens is 279 g/mol. The van der Waals surface area contributed by atoms with E-state index in [1.807, 2.05) is 0 Å². The third kappa shape index (κ3) is 3.67. The van der Waals surface area contributed by atoms with Gasteiger partial charge in [0.25, 0.3) is 0 Å². The predicted molar refractivity (Wildman–Crippen MR) is 87.3 cm³/mol. The first-order valence-electron chi connectivity index (χ1n) is 8.39. The number of rotatable bonds is 7. The molecule has 22 heavy (non-hydrogen) atoms. The zero-order valence-electron chi connectivity index (χ0n) is 13.7. The quantitative estimate of drug-likeness (QED) is 0.839. The molecule has 0 saturated heterocycles. The van der Waals surface area contributed by atoms with Crippen LogP contribution in [0.2, 0.25) is 0 Å². The van der Waals surface area contributed by atoms with Gasteiger partial charge in [-0.3, -0.25) is 4.79 Å². The molecule has 1 N–H and O–H groups in total. The van der Waals surface area contributed by atoms with Gasteiger partial charge in [0.2, 0.25) is 5.91 Å². The van der Waals surface area contributed by atoms with E-state index in [1.165, 1.54) is 12.1 Å². The van der Waals surface area contributed by atoms with Crippen molar-refractivity contribution >= 4 is 5.91 Å². The van der Waals surface area contributed by atoms with E-state index < -0.39 is 5.41 Å². The van der Waals surface area contributed by atoms with E-state index in [1.54, 1.807) is 12.1 Å². The largest absolute Gasteiger partial charge is 0.354 e. The molecule has 0 unspecified atom stereocenters. The summed E-state index contributed by atoms with van der Waals surface area (Å²) in [5.74, 6) is -0.150. The van der Waals surface area contributed by atoms with Crippen LogP contribution in [-0.2, 0) is 10.2 Å². The van der Waals surface area contributed by atoms with Gasteiger partial charge < -0.3 is 10.2 Å². The minimum absolute atomic E-state index is 0.101. The van der Waals surface area contributed by atoms with Crippen LogP contribution in [0.1, 0.15) is 45.1 Å². The highest BCUT2D eigenvalue weighted by Crippen LogP contribution is 2.41. The van der Waals surface area contributed by atoms with Crippen LogP contribution in [0.25, 0.3) is 0 Å². The molecular formula is C18H27FN2O. The lowest BCUT2D eigenvalue weighted by molar-refractivity contribution is -0.126. The summed E-state index contributed by atoms with van der Waals surface area (Å²) >= 11 is 0. The standard InChI is InChI=1S/C18H27FN2O/c1-3-21(4-2)14-13-20-17(22)18(11-5-6-12-18)15-7-9-16(19)10-8-15/h7-10H,3-6,11-14H2,1-2H3,(H,20,22). The smallest absolute Gasteiger partial charge is 0.230 e. The van der Waals surface area contributed by atoms with Crippen molar-refractivity contribution in [1.82, 2.24) is 10.2 Å². The van der Waals surface area contributed by atoms with Crippen molar-refractivity contribution in [1.29, 1.82) is 0 Å². The highest BCUT2D eigenvalue weighted by molar-refractivity contribution is 5.88. The summed E-state index contributed by atoms with van der Waals surface area (Å²) < 4.78 is 13.2. The monoisotopic (exact) mass is 306 g/mol. The van der Waals surface area contributed by atoms with Gasteiger partial charge in [0, 0.05) is 13.1 Å². The number of likely N-dealkylation sites (N-methyl/N-ethyl adjacent to an activating group) is 1. The van der Waals surface area contributed by atoms with Crippen LogP contribution >= 0.6 is 0 Å². The van der Waals surface area contributed by atoms with Gasteiger partial charge in [0.05, 0.1) is 5.41 Å². The highest BCUT2D eigenvalue weighted by atomic mass is 19.1. The average Bonchev–Trinajstić information content (AvgIpc) is 3.03. The molecule has 1 saturated carbocycles. The van der Waals surface area contributed by atoms with Crippen LogP contribution in [0.5, 0.6) is 0 Å². The number of nitrogens with zero attached hydrogens (tertiary/aromatic N) is 1. The van der Waals surface area contributed by atoms with E-state index in [4.69, 9.17) is 0 Å². The Morgan fingerprint density at radius 1 is 1.18 bits per heavy atom. The van der Waals surface area contributed by atoms with Gasteiger partial charge in [-0.2, -0.15) is 0 Å². The van der Waals surface area contributed by atoms with Crippen molar-refractivity contribution in [2.45, 2.75) is 44.9 Å². The molecule has 2 rings (SSSR count). The second kappa shape index (κ2) is 7.73. The minimum Gasteiger partial charge on any atom is -0.354 e. The molecule has 0 aliphatic heterocycles. The Kier molecular flexibility index (Phi) is 5.95. The molecule has 0 bridgehead atoms. The molecule has 122 valence electrons. The normalized spacial score (nSPS) is 16.9. The van der Waals surface area contributed by atoms with Crippen molar-refractivity contribution in [2.75, 3.05) is 26.2 Å². The van der Waals surface area contributed by atoms with Crippen LogP contribution in [0.3, 0.4) is 0 Å². The molecule has 0 radical (unpaired) electrons. The average molecular weight is 306 g/mol. The van der Waals surface area contributed by atoms with Crippen LogP contribution in [0.4, 0.5) is 4.39 Å². The molecule has 1 fully saturated rings. The van der Waals surface area contributed by atoms with Crippen molar-refractivity contribution in [2.24, 2.45) is 0 Å². The Morgan fingerprint density at radius 3 is 2.32 bits per heavy atom. The summed E-state index contributed by atoms with van der Waals surface area (Å²) in [6, 6.07) is 6.45. The molecule has 0 spiro atoms. The van der Waals surface area contributed by atoms with E-state index in [0.29, 0.717) is 6.54 Å². The van der Waals surface area contributed by atoms with Crippen LogP contribution in [-0.4, -0.2) is 37.0 Å². The molecule has 0 heterocycles. The first kappa shape index (κ1) is 16.9. The minimum atomic E-state index is -0.461. The molecule has 3 nitrogen and oxygen atoms in total. The predicted octanol–water partition coefficient (Wildman–Crippen LogP) is 3.10. The summed E-state index contributed by atoms with van der Waals surface area (Å²) in [6.07, 6.45) is 3.83. The van der Waals surface area contributed by atoms with Crippen LogP contribution in [0.15, 0.2) is 24.3 Å². The Bertz CT molecular complexity index is 476. The molecule has 1 aliphatic rings. The Labute approximate surface area is 132 Å². The van der Waals surface area contributed by atoms with Crippen molar-refractivity contribution < 1.29 is 9.18 Å². The first-order chi connectivity index (χ1) is 10.6. The number of carbonyl (C=O) groups excluding carboxylic acids is 1. The zero-order valence-corrected chi connectivity index (χ0v) is 13.7. The van der Waals surface area contributed by atoms with Gasteiger partial charge in [-0.15, -0.1) is 0 Å². The van der Waals surface area contributed by atoms with Crippen molar-refractivity contribution in [3.05, 3.63) is 35.6 Å². The van der Waals surface area contributed by atoms with Gasteiger partial charge in [-0.25, -0.2) is 4.39 Å². The lowest BCUT2D eigenvalue weighted by atomic mass is 9.78. The lowest BCUT2D eigenvalue weighted by Gasteiger charge is -2.29. The fourth-order valence-electron chi connectivity index (χ4n) is 3.43. The van der Waals surface area contributed by atoms with Gasteiger partial charge >= 0.3 is 0 Å². The van der Waals surface area contributed by atoms with E-state index in [-0.39, 0.29) is 11.7 Å². The highest BCUT2D eigenvalue weighted by Gasteiger charge is 2.42. The molecule has 1 aromatic carbocycles. The van der Waals surface area contributed by atoms with Gasteiger partial charge in [-0.05, 0) is 43.6 Å². The van der Waals surface area contributed by atoms with E-state index in [2.05, 4.69) is 24.1 Å². The molecule has 4 heteroatoms. The Balaban J connectivity index is 2.04. The number of benzene rings is 1. The molecule has 1 amide bonds. The Morgan fingerprint density at radius 2 is 1.77 bits per heavy atom. The van der Waals surface area contributed by atoms with E-state index in [0.717, 1.165) is 50.9 Å². The summed E-state index contributed by atoms with van der Waals surface area (Å²) in [6.45, 7) is 7.79. The number of hydrogen-bond donors (Lipinski definition) is 1. The third-order valence-corrected chi connectivity index (χ3v) is 4.90. The van der Waals surface area contributed by atoms with Crippen LogP contribution in [0, 0.1) is 5.82 Å².